The summed E-state index contributed by atoms with van der Waals surface area (Å²) in [4.78, 5) is 4.71. The lowest BCUT2D eigenvalue weighted by atomic mass is 9.77. The van der Waals surface area contributed by atoms with E-state index in [2.05, 4.69) is 37.4 Å². The number of nitrogens with zero attached hydrogens (tertiary/aromatic N) is 1. The molecule has 1 aromatic heterocycles. The fraction of sp³-hybridized carbons (Fsp3) is 0.577. The second kappa shape index (κ2) is 11.2. The zero-order valence-electron chi connectivity index (χ0n) is 17.8. The normalized spacial score (nSPS) is 19.5. The molecule has 152 valence electrons. The van der Waals surface area contributed by atoms with E-state index in [-0.39, 0.29) is 0 Å². The number of pyridine rings is 1. The highest BCUT2D eigenvalue weighted by Crippen LogP contribution is 2.34. The maximum atomic E-state index is 5.52. The Labute approximate surface area is 171 Å². The lowest BCUT2D eigenvalue weighted by molar-refractivity contribution is 0.240. The predicted octanol–water partition coefficient (Wildman–Crippen LogP) is 7.47. The monoisotopic (exact) mass is 379 g/mol. The van der Waals surface area contributed by atoms with Crippen LogP contribution >= 0.6 is 0 Å². The van der Waals surface area contributed by atoms with Gasteiger partial charge >= 0.3 is 0 Å². The van der Waals surface area contributed by atoms with Crippen LogP contribution in [0, 0.1) is 11.8 Å². The molecule has 0 bridgehead atoms. The first-order chi connectivity index (χ1) is 13.8. The van der Waals surface area contributed by atoms with Crippen LogP contribution in [0.3, 0.4) is 0 Å². The number of hydrogen-bond acceptors (Lipinski definition) is 2. The van der Waals surface area contributed by atoms with Crippen LogP contribution in [0.1, 0.15) is 77.2 Å². The van der Waals surface area contributed by atoms with E-state index >= 15 is 0 Å². The molecule has 0 aliphatic heterocycles. The first-order valence-corrected chi connectivity index (χ1v) is 11.5. The molecular weight excluding hydrogens is 342 g/mol. The standard InChI is InChI=1S/C26H37NO/c1-3-5-6-8-21-9-7-10-22(19-21)11-12-23-13-18-26(27-20-23)24-14-16-25(17-15-24)28-4-2/h13-18,20-22H,3-12,19H2,1-2H3. The van der Waals surface area contributed by atoms with Crippen LogP contribution in [0.2, 0.25) is 0 Å². The minimum Gasteiger partial charge on any atom is -0.494 e. The van der Waals surface area contributed by atoms with E-state index in [4.69, 9.17) is 9.72 Å². The molecule has 0 radical (unpaired) electrons. The van der Waals surface area contributed by atoms with Gasteiger partial charge in [-0.05, 0) is 73.9 Å². The average molecular weight is 380 g/mol. The van der Waals surface area contributed by atoms with E-state index in [1.54, 1.807) is 0 Å². The van der Waals surface area contributed by atoms with Crippen molar-refractivity contribution < 1.29 is 4.74 Å². The van der Waals surface area contributed by atoms with Gasteiger partial charge in [0.05, 0.1) is 12.3 Å². The Balaban J connectivity index is 1.47. The lowest BCUT2D eigenvalue weighted by Gasteiger charge is -2.29. The highest BCUT2D eigenvalue weighted by atomic mass is 16.5. The number of aromatic nitrogens is 1. The van der Waals surface area contributed by atoms with Gasteiger partial charge in [0.25, 0.3) is 0 Å². The second-order valence-corrected chi connectivity index (χ2v) is 8.44. The quantitative estimate of drug-likeness (QED) is 0.399. The molecule has 1 fully saturated rings. The Morgan fingerprint density at radius 3 is 2.39 bits per heavy atom. The number of rotatable bonds is 10. The van der Waals surface area contributed by atoms with Gasteiger partial charge in [0, 0.05) is 11.8 Å². The number of benzene rings is 1. The van der Waals surface area contributed by atoms with Gasteiger partial charge in [0.2, 0.25) is 0 Å². The van der Waals surface area contributed by atoms with Crippen molar-refractivity contribution >= 4 is 0 Å². The summed E-state index contributed by atoms with van der Waals surface area (Å²) in [5.74, 6) is 2.83. The molecule has 1 aliphatic rings. The fourth-order valence-corrected chi connectivity index (χ4v) is 4.61. The Morgan fingerprint density at radius 2 is 1.71 bits per heavy atom. The molecule has 0 spiro atoms. The van der Waals surface area contributed by atoms with Crippen molar-refractivity contribution in [3.63, 3.8) is 0 Å². The minimum absolute atomic E-state index is 0.701. The summed E-state index contributed by atoms with van der Waals surface area (Å²) in [6, 6.07) is 12.7. The minimum atomic E-state index is 0.701. The average Bonchev–Trinajstić information content (AvgIpc) is 2.74. The molecule has 1 heterocycles. The van der Waals surface area contributed by atoms with Crippen LogP contribution in [0.25, 0.3) is 11.3 Å². The molecule has 0 saturated heterocycles. The van der Waals surface area contributed by atoms with Gasteiger partial charge in [-0.15, -0.1) is 0 Å². The van der Waals surface area contributed by atoms with Gasteiger partial charge in [-0.1, -0.05) is 57.9 Å². The highest BCUT2D eigenvalue weighted by molar-refractivity contribution is 5.60. The molecule has 2 nitrogen and oxygen atoms in total. The summed E-state index contributed by atoms with van der Waals surface area (Å²) in [6.45, 7) is 5.01. The van der Waals surface area contributed by atoms with Crippen molar-refractivity contribution in [3.05, 3.63) is 48.2 Å². The van der Waals surface area contributed by atoms with E-state index in [1.807, 2.05) is 19.1 Å². The molecule has 2 aromatic rings. The maximum absolute atomic E-state index is 5.52. The topological polar surface area (TPSA) is 22.1 Å². The summed E-state index contributed by atoms with van der Waals surface area (Å²) in [5.41, 5.74) is 3.57. The molecular formula is C26H37NO. The molecule has 1 aromatic carbocycles. The van der Waals surface area contributed by atoms with Crippen LogP contribution in [0.4, 0.5) is 0 Å². The lowest BCUT2D eigenvalue weighted by Crippen LogP contribution is -2.16. The Kier molecular flexibility index (Phi) is 8.39. The van der Waals surface area contributed by atoms with Crippen LogP contribution in [0.15, 0.2) is 42.6 Å². The molecule has 1 saturated carbocycles. The van der Waals surface area contributed by atoms with Crippen LogP contribution in [-0.4, -0.2) is 11.6 Å². The molecule has 28 heavy (non-hydrogen) atoms. The van der Waals surface area contributed by atoms with Gasteiger partial charge in [0.1, 0.15) is 5.75 Å². The third kappa shape index (κ3) is 6.36. The molecule has 0 N–H and O–H groups in total. The Hall–Kier alpha value is -1.83. The largest absolute Gasteiger partial charge is 0.494 e. The van der Waals surface area contributed by atoms with E-state index in [0.29, 0.717) is 6.61 Å². The highest BCUT2D eigenvalue weighted by Gasteiger charge is 2.21. The molecule has 2 atom stereocenters. The van der Waals surface area contributed by atoms with Gasteiger partial charge in [0.15, 0.2) is 0 Å². The number of aryl methyl sites for hydroxylation is 1. The summed E-state index contributed by atoms with van der Waals surface area (Å²) in [6.07, 6.45) is 16.0. The van der Waals surface area contributed by atoms with E-state index in [9.17, 15) is 0 Å². The molecule has 3 rings (SSSR count). The van der Waals surface area contributed by atoms with Crippen molar-refractivity contribution in [3.8, 4) is 17.0 Å². The van der Waals surface area contributed by atoms with Crippen molar-refractivity contribution in [1.82, 2.24) is 4.98 Å². The van der Waals surface area contributed by atoms with E-state index in [0.717, 1.165) is 28.8 Å². The first-order valence-electron chi connectivity index (χ1n) is 11.5. The molecule has 0 amide bonds. The summed E-state index contributed by atoms with van der Waals surface area (Å²) in [7, 11) is 0. The van der Waals surface area contributed by atoms with Crippen molar-refractivity contribution in [2.24, 2.45) is 11.8 Å². The number of hydrogen-bond donors (Lipinski definition) is 0. The van der Waals surface area contributed by atoms with Gasteiger partial charge < -0.3 is 4.74 Å². The summed E-state index contributed by atoms with van der Waals surface area (Å²) < 4.78 is 5.52. The van der Waals surface area contributed by atoms with E-state index in [1.165, 1.54) is 69.8 Å². The van der Waals surface area contributed by atoms with Gasteiger partial charge in [-0.25, -0.2) is 0 Å². The molecule has 2 unspecified atom stereocenters. The van der Waals surface area contributed by atoms with Crippen molar-refractivity contribution in [2.45, 2.75) is 78.1 Å². The van der Waals surface area contributed by atoms with Crippen molar-refractivity contribution in [1.29, 1.82) is 0 Å². The van der Waals surface area contributed by atoms with Crippen LogP contribution in [-0.2, 0) is 6.42 Å². The molecule has 2 heteroatoms. The van der Waals surface area contributed by atoms with E-state index < -0.39 is 0 Å². The Morgan fingerprint density at radius 1 is 0.929 bits per heavy atom. The fourth-order valence-electron chi connectivity index (χ4n) is 4.61. The molecule has 1 aliphatic carbocycles. The second-order valence-electron chi connectivity index (χ2n) is 8.44. The van der Waals surface area contributed by atoms with Crippen LogP contribution < -0.4 is 4.74 Å². The first kappa shape index (κ1) is 20.9. The van der Waals surface area contributed by atoms with Gasteiger partial charge in [-0.2, -0.15) is 0 Å². The maximum Gasteiger partial charge on any atom is 0.119 e. The smallest absolute Gasteiger partial charge is 0.119 e. The zero-order chi connectivity index (χ0) is 19.6. The Bertz CT molecular complexity index is 677. The number of unbranched alkanes of at least 4 members (excludes halogenated alkanes) is 2. The third-order valence-corrected chi connectivity index (χ3v) is 6.23. The van der Waals surface area contributed by atoms with Gasteiger partial charge in [-0.3, -0.25) is 4.98 Å². The van der Waals surface area contributed by atoms with Crippen molar-refractivity contribution in [2.75, 3.05) is 6.61 Å². The SMILES string of the molecule is CCCCCC1CCCC(CCc2ccc(-c3ccc(OCC)cc3)nc2)C1. The predicted molar refractivity (Wildman–Crippen MR) is 119 cm³/mol. The van der Waals surface area contributed by atoms with Crippen LogP contribution in [0.5, 0.6) is 5.75 Å². The third-order valence-electron chi connectivity index (χ3n) is 6.23. The summed E-state index contributed by atoms with van der Waals surface area (Å²) in [5, 5.41) is 0. The zero-order valence-corrected chi connectivity index (χ0v) is 17.8. The summed E-state index contributed by atoms with van der Waals surface area (Å²) >= 11 is 0. The number of ether oxygens (including phenoxy) is 1.